The van der Waals surface area contributed by atoms with Crippen LogP contribution < -0.4 is 5.32 Å². The van der Waals surface area contributed by atoms with E-state index < -0.39 is 35.3 Å². The Morgan fingerprint density at radius 1 is 1.03 bits per heavy atom. The zero-order valence-electron chi connectivity index (χ0n) is 15.4. The number of hydrogen-bond acceptors (Lipinski definition) is 2. The third-order valence-electron chi connectivity index (χ3n) is 4.46. The lowest BCUT2D eigenvalue weighted by Crippen LogP contribution is -2.26. The van der Waals surface area contributed by atoms with E-state index in [1.54, 1.807) is 0 Å². The molecule has 0 radical (unpaired) electrons. The smallest absolute Gasteiger partial charge is 0.416 e. The highest BCUT2D eigenvalue weighted by Crippen LogP contribution is 2.32. The predicted molar refractivity (Wildman–Crippen MR) is 96.1 cm³/mol. The van der Waals surface area contributed by atoms with Crippen molar-refractivity contribution in [3.05, 3.63) is 82.6 Å². The van der Waals surface area contributed by atoms with Gasteiger partial charge < -0.3 is 9.73 Å². The van der Waals surface area contributed by atoms with Gasteiger partial charge in [-0.2, -0.15) is 13.2 Å². The molecule has 3 nitrogen and oxygen atoms in total. The van der Waals surface area contributed by atoms with Gasteiger partial charge in [0.05, 0.1) is 11.6 Å². The van der Waals surface area contributed by atoms with Crippen molar-refractivity contribution in [3.63, 3.8) is 0 Å². The summed E-state index contributed by atoms with van der Waals surface area (Å²) in [6, 6.07) is 8.73. The van der Waals surface area contributed by atoms with E-state index in [0.717, 1.165) is 24.3 Å². The molecule has 0 spiro atoms. The van der Waals surface area contributed by atoms with Crippen LogP contribution in [0.25, 0.3) is 11.3 Å². The zero-order chi connectivity index (χ0) is 21.3. The molecule has 1 amide bonds. The minimum atomic E-state index is -4.50. The van der Waals surface area contributed by atoms with Crippen LogP contribution in [0.3, 0.4) is 0 Å². The van der Waals surface area contributed by atoms with E-state index in [0.29, 0.717) is 0 Å². The van der Waals surface area contributed by atoms with Gasteiger partial charge in [0.25, 0.3) is 5.91 Å². The Hall–Kier alpha value is -3.16. The summed E-state index contributed by atoms with van der Waals surface area (Å²) in [5.74, 6) is -2.19. The Labute approximate surface area is 163 Å². The van der Waals surface area contributed by atoms with Crippen LogP contribution in [0.2, 0.25) is 0 Å². The number of amides is 1. The molecule has 0 aliphatic carbocycles. The monoisotopic (exact) mass is 409 g/mol. The number of rotatable bonds is 4. The van der Waals surface area contributed by atoms with Gasteiger partial charge in [0.15, 0.2) is 5.76 Å². The van der Waals surface area contributed by atoms with Gasteiger partial charge in [0, 0.05) is 11.1 Å². The van der Waals surface area contributed by atoms with Crippen LogP contribution in [0.15, 0.2) is 52.9 Å². The van der Waals surface area contributed by atoms with Crippen molar-refractivity contribution < 1.29 is 31.2 Å². The second-order valence-corrected chi connectivity index (χ2v) is 6.55. The first-order chi connectivity index (χ1) is 13.6. The molecule has 1 atom stereocenters. The molecule has 3 rings (SSSR count). The summed E-state index contributed by atoms with van der Waals surface area (Å²) in [7, 11) is 0. The third-order valence-corrected chi connectivity index (χ3v) is 4.46. The highest BCUT2D eigenvalue weighted by molar-refractivity contribution is 5.92. The molecule has 3 aromatic rings. The van der Waals surface area contributed by atoms with Gasteiger partial charge in [0.2, 0.25) is 0 Å². The lowest BCUT2D eigenvalue weighted by Gasteiger charge is -2.14. The topological polar surface area (TPSA) is 42.2 Å². The molecule has 0 aliphatic rings. The average Bonchev–Trinajstić information content (AvgIpc) is 3.15. The molecule has 1 aromatic heterocycles. The van der Waals surface area contributed by atoms with Crippen molar-refractivity contribution in [3.8, 4) is 11.3 Å². The minimum Gasteiger partial charge on any atom is -0.451 e. The van der Waals surface area contributed by atoms with Crippen molar-refractivity contribution in [2.75, 3.05) is 0 Å². The maximum Gasteiger partial charge on any atom is 0.416 e. The Morgan fingerprint density at radius 2 is 1.69 bits per heavy atom. The summed E-state index contributed by atoms with van der Waals surface area (Å²) in [4.78, 5) is 12.4. The fourth-order valence-electron chi connectivity index (χ4n) is 2.73. The molecule has 0 saturated heterocycles. The summed E-state index contributed by atoms with van der Waals surface area (Å²) in [5, 5.41) is 2.54. The van der Waals surface area contributed by atoms with Crippen LogP contribution in [-0.2, 0) is 6.18 Å². The van der Waals surface area contributed by atoms with Crippen LogP contribution in [0.1, 0.15) is 40.2 Å². The highest BCUT2D eigenvalue weighted by Gasteiger charge is 2.30. The molecular formula is C21H16F5NO2. The van der Waals surface area contributed by atoms with Crippen LogP contribution in [0.4, 0.5) is 22.0 Å². The molecule has 0 fully saturated rings. The third kappa shape index (κ3) is 4.47. The standard InChI is InChI=1S/C21H16F5NO2/c1-11-16(22)9-14(10-17(11)23)12(2)27-20(28)19-7-6-18(29-19)13-4-3-5-15(8-13)21(24,25)26/h3-10,12H,1-2H3,(H,27,28)/t12-/m1/s1. The summed E-state index contributed by atoms with van der Waals surface area (Å²) in [6.45, 7) is 2.84. The summed E-state index contributed by atoms with van der Waals surface area (Å²) < 4.78 is 71.4. The Morgan fingerprint density at radius 3 is 2.31 bits per heavy atom. The number of hydrogen-bond donors (Lipinski definition) is 1. The lowest BCUT2D eigenvalue weighted by atomic mass is 10.1. The lowest BCUT2D eigenvalue weighted by molar-refractivity contribution is -0.137. The summed E-state index contributed by atoms with van der Waals surface area (Å²) in [6.07, 6.45) is -4.50. The van der Waals surface area contributed by atoms with Crippen LogP contribution in [0, 0.1) is 18.6 Å². The van der Waals surface area contributed by atoms with Crippen molar-refractivity contribution in [2.45, 2.75) is 26.1 Å². The molecule has 0 unspecified atom stereocenters. The van der Waals surface area contributed by atoms with Crippen molar-refractivity contribution in [1.82, 2.24) is 5.32 Å². The molecule has 8 heteroatoms. The van der Waals surface area contributed by atoms with Gasteiger partial charge in [-0.25, -0.2) is 8.78 Å². The largest absolute Gasteiger partial charge is 0.451 e. The fraction of sp³-hybridized carbons (Fsp3) is 0.190. The van der Waals surface area contributed by atoms with Gasteiger partial charge in [-0.1, -0.05) is 12.1 Å². The molecular weight excluding hydrogens is 393 g/mol. The number of carbonyl (C=O) groups is 1. The number of benzene rings is 2. The first-order valence-corrected chi connectivity index (χ1v) is 8.60. The highest BCUT2D eigenvalue weighted by atomic mass is 19.4. The molecule has 1 heterocycles. The number of furan rings is 1. The van der Waals surface area contributed by atoms with E-state index in [1.807, 2.05) is 0 Å². The van der Waals surface area contributed by atoms with Crippen LogP contribution in [0.5, 0.6) is 0 Å². The van der Waals surface area contributed by atoms with E-state index in [-0.39, 0.29) is 28.2 Å². The first-order valence-electron chi connectivity index (χ1n) is 8.60. The first kappa shape index (κ1) is 20.6. The Kier molecular flexibility index (Phi) is 5.46. The van der Waals surface area contributed by atoms with Gasteiger partial charge in [0.1, 0.15) is 17.4 Å². The van der Waals surface area contributed by atoms with Crippen LogP contribution in [-0.4, -0.2) is 5.91 Å². The molecule has 0 saturated carbocycles. The second kappa shape index (κ2) is 7.69. The molecule has 0 bridgehead atoms. The summed E-state index contributed by atoms with van der Waals surface area (Å²) >= 11 is 0. The van der Waals surface area contributed by atoms with E-state index in [2.05, 4.69) is 5.32 Å². The average molecular weight is 409 g/mol. The maximum absolute atomic E-state index is 13.7. The normalized spacial score (nSPS) is 12.7. The quantitative estimate of drug-likeness (QED) is 0.534. The molecule has 29 heavy (non-hydrogen) atoms. The summed E-state index contributed by atoms with van der Waals surface area (Å²) in [5.41, 5.74) is -0.573. The SMILES string of the molecule is Cc1c(F)cc([C@@H](C)NC(=O)c2ccc(-c3cccc(C(F)(F)F)c3)o2)cc1F. The van der Waals surface area contributed by atoms with Crippen LogP contribution >= 0.6 is 0 Å². The van der Waals surface area contributed by atoms with Crippen molar-refractivity contribution in [2.24, 2.45) is 0 Å². The maximum atomic E-state index is 13.7. The number of nitrogens with one attached hydrogen (secondary N) is 1. The van der Waals surface area contributed by atoms with E-state index in [1.165, 1.54) is 38.1 Å². The molecule has 1 N–H and O–H groups in total. The molecule has 0 aliphatic heterocycles. The molecule has 2 aromatic carbocycles. The van der Waals surface area contributed by atoms with E-state index >= 15 is 0 Å². The van der Waals surface area contributed by atoms with Crippen molar-refractivity contribution >= 4 is 5.91 Å². The van der Waals surface area contributed by atoms with E-state index in [4.69, 9.17) is 4.42 Å². The van der Waals surface area contributed by atoms with Gasteiger partial charge in [-0.15, -0.1) is 0 Å². The minimum absolute atomic E-state index is 0.0846. The van der Waals surface area contributed by atoms with Crippen molar-refractivity contribution in [1.29, 1.82) is 0 Å². The number of alkyl halides is 3. The number of halogens is 5. The van der Waals surface area contributed by atoms with Gasteiger partial charge in [-0.05, 0) is 55.8 Å². The van der Waals surface area contributed by atoms with Gasteiger partial charge in [-0.3, -0.25) is 4.79 Å². The number of carbonyl (C=O) groups excluding carboxylic acids is 1. The zero-order valence-corrected chi connectivity index (χ0v) is 15.4. The second-order valence-electron chi connectivity index (χ2n) is 6.55. The predicted octanol–water partition coefficient (Wildman–Crippen LogP) is 6.04. The Bertz CT molecular complexity index is 1030. The van der Waals surface area contributed by atoms with E-state index in [9.17, 15) is 26.7 Å². The Balaban J connectivity index is 1.78. The molecule has 152 valence electrons. The van der Waals surface area contributed by atoms with Gasteiger partial charge >= 0.3 is 6.18 Å². The fourth-order valence-corrected chi connectivity index (χ4v) is 2.73.